The zero-order valence-corrected chi connectivity index (χ0v) is 17.8. The van der Waals surface area contributed by atoms with Gasteiger partial charge in [0.2, 0.25) is 5.50 Å². The Morgan fingerprint density at radius 1 is 1.00 bits per heavy atom. The Kier molecular flexibility index (Phi) is 5.39. The molecule has 4 rings (SSSR count). The predicted molar refractivity (Wildman–Crippen MR) is 113 cm³/mol. The number of furan rings is 1. The van der Waals surface area contributed by atoms with E-state index >= 15 is 0 Å². The van der Waals surface area contributed by atoms with Crippen LogP contribution in [-0.2, 0) is 20.0 Å². The van der Waals surface area contributed by atoms with Gasteiger partial charge in [0.05, 0.1) is 20.3 Å². The van der Waals surface area contributed by atoms with E-state index in [0.29, 0.717) is 19.6 Å². The SMILES string of the molecule is COc1ccc(Cc2oc(P3(=O)OCC(C)(C)CO3)cc2-c2ccccc2)cc1. The summed E-state index contributed by atoms with van der Waals surface area (Å²) in [4.78, 5) is 0. The Balaban J connectivity index is 1.70. The largest absolute Gasteiger partial charge is 0.497 e. The third-order valence-electron chi connectivity index (χ3n) is 4.92. The Morgan fingerprint density at radius 2 is 1.66 bits per heavy atom. The van der Waals surface area contributed by atoms with Crippen molar-refractivity contribution in [3.63, 3.8) is 0 Å². The van der Waals surface area contributed by atoms with E-state index in [0.717, 1.165) is 28.2 Å². The molecule has 0 saturated carbocycles. The lowest BCUT2D eigenvalue weighted by Gasteiger charge is -2.32. The Morgan fingerprint density at radius 3 is 2.28 bits per heavy atom. The van der Waals surface area contributed by atoms with Crippen molar-refractivity contribution in [1.82, 2.24) is 0 Å². The molecule has 29 heavy (non-hydrogen) atoms. The summed E-state index contributed by atoms with van der Waals surface area (Å²) in [5.41, 5.74) is 3.04. The van der Waals surface area contributed by atoms with Gasteiger partial charge in [0, 0.05) is 23.5 Å². The van der Waals surface area contributed by atoms with Crippen LogP contribution in [0.25, 0.3) is 11.1 Å². The van der Waals surface area contributed by atoms with Crippen LogP contribution in [0.1, 0.15) is 25.2 Å². The molecule has 0 unspecified atom stereocenters. The molecule has 1 aliphatic rings. The van der Waals surface area contributed by atoms with Crippen molar-refractivity contribution in [3.8, 4) is 16.9 Å². The highest BCUT2D eigenvalue weighted by Crippen LogP contribution is 2.53. The zero-order valence-electron chi connectivity index (χ0n) is 16.9. The van der Waals surface area contributed by atoms with Gasteiger partial charge < -0.3 is 18.2 Å². The van der Waals surface area contributed by atoms with Crippen LogP contribution in [0.15, 0.2) is 65.1 Å². The molecule has 2 heterocycles. The van der Waals surface area contributed by atoms with Crippen molar-refractivity contribution in [2.24, 2.45) is 5.41 Å². The van der Waals surface area contributed by atoms with Crippen LogP contribution in [0.4, 0.5) is 0 Å². The normalized spacial score (nSPS) is 17.8. The van der Waals surface area contributed by atoms with Crippen molar-refractivity contribution in [2.45, 2.75) is 20.3 Å². The van der Waals surface area contributed by atoms with Gasteiger partial charge in [-0.1, -0.05) is 56.3 Å². The summed E-state index contributed by atoms with van der Waals surface area (Å²) in [6.45, 7) is 4.76. The predicted octanol–water partition coefficient (Wildman–Crippen LogP) is 5.44. The van der Waals surface area contributed by atoms with Crippen LogP contribution >= 0.6 is 7.60 Å². The molecule has 0 atom stereocenters. The van der Waals surface area contributed by atoms with Gasteiger partial charge in [-0.3, -0.25) is 4.57 Å². The standard InChI is InChI=1S/C23H25O5P/c1-23(2)15-26-29(24,27-16-23)22-14-20(18-7-5-4-6-8-18)21(28-22)13-17-9-11-19(25-3)12-10-17/h4-12,14H,13,15-16H2,1-3H3. The molecule has 2 aromatic carbocycles. The number of ether oxygens (including phenoxy) is 1. The second-order valence-electron chi connectivity index (χ2n) is 8.02. The van der Waals surface area contributed by atoms with Crippen LogP contribution in [0.2, 0.25) is 0 Å². The second kappa shape index (κ2) is 7.83. The van der Waals surface area contributed by atoms with Gasteiger partial charge in [-0.05, 0) is 23.3 Å². The van der Waals surface area contributed by atoms with E-state index in [1.165, 1.54) is 0 Å². The number of hydrogen-bond acceptors (Lipinski definition) is 5. The van der Waals surface area contributed by atoms with Gasteiger partial charge in [-0.2, -0.15) is 0 Å². The molecule has 1 aromatic heterocycles. The molecule has 1 saturated heterocycles. The monoisotopic (exact) mass is 412 g/mol. The summed E-state index contributed by atoms with van der Waals surface area (Å²) in [7, 11) is -1.83. The first-order valence-electron chi connectivity index (χ1n) is 9.59. The van der Waals surface area contributed by atoms with E-state index < -0.39 is 7.60 Å². The maximum atomic E-state index is 13.3. The molecular formula is C23H25O5P. The lowest BCUT2D eigenvalue weighted by Crippen LogP contribution is -2.31. The Labute approximate surface area is 171 Å². The van der Waals surface area contributed by atoms with E-state index in [-0.39, 0.29) is 10.9 Å². The molecule has 1 fully saturated rings. The first-order chi connectivity index (χ1) is 13.9. The summed E-state index contributed by atoms with van der Waals surface area (Å²) in [6.07, 6.45) is 0.555. The average Bonchev–Trinajstić information content (AvgIpc) is 3.16. The average molecular weight is 412 g/mol. The molecule has 0 spiro atoms. The van der Waals surface area contributed by atoms with E-state index in [9.17, 15) is 4.57 Å². The first-order valence-corrected chi connectivity index (χ1v) is 11.1. The smallest absolute Gasteiger partial charge is 0.396 e. The van der Waals surface area contributed by atoms with E-state index in [1.54, 1.807) is 13.2 Å². The fourth-order valence-corrected chi connectivity index (χ4v) is 5.07. The summed E-state index contributed by atoms with van der Waals surface area (Å²) >= 11 is 0. The highest BCUT2D eigenvalue weighted by molar-refractivity contribution is 7.61. The van der Waals surface area contributed by atoms with Crippen LogP contribution < -0.4 is 10.2 Å². The topological polar surface area (TPSA) is 57.9 Å². The minimum Gasteiger partial charge on any atom is -0.497 e. The number of benzene rings is 2. The summed E-state index contributed by atoms with van der Waals surface area (Å²) in [5.74, 6) is 1.52. The summed E-state index contributed by atoms with van der Waals surface area (Å²) in [6, 6.07) is 19.5. The third-order valence-corrected chi connectivity index (χ3v) is 6.62. The highest BCUT2D eigenvalue weighted by Gasteiger charge is 2.41. The van der Waals surface area contributed by atoms with Gasteiger partial charge in [-0.25, -0.2) is 0 Å². The molecule has 0 amide bonds. The van der Waals surface area contributed by atoms with Crippen LogP contribution in [0.3, 0.4) is 0 Å². The molecule has 0 radical (unpaired) electrons. The number of rotatable bonds is 5. The Hall–Kier alpha value is -2.33. The second-order valence-corrected chi connectivity index (χ2v) is 9.97. The van der Waals surface area contributed by atoms with E-state index in [1.807, 2.05) is 68.4 Å². The molecule has 6 heteroatoms. The molecule has 0 aliphatic carbocycles. The van der Waals surface area contributed by atoms with E-state index in [2.05, 4.69) is 0 Å². The third kappa shape index (κ3) is 4.32. The van der Waals surface area contributed by atoms with Gasteiger partial charge in [0.25, 0.3) is 0 Å². The fourth-order valence-electron chi connectivity index (χ4n) is 3.20. The summed E-state index contributed by atoms with van der Waals surface area (Å²) < 4.78 is 36.0. The fraction of sp³-hybridized carbons (Fsp3) is 0.304. The molecular weight excluding hydrogens is 387 g/mol. The van der Waals surface area contributed by atoms with Gasteiger partial charge in [0.1, 0.15) is 11.5 Å². The maximum absolute atomic E-state index is 13.3. The minimum atomic E-state index is -3.48. The van der Waals surface area contributed by atoms with Crippen LogP contribution in [-0.4, -0.2) is 20.3 Å². The van der Waals surface area contributed by atoms with Crippen molar-refractivity contribution < 1.29 is 22.8 Å². The lowest BCUT2D eigenvalue weighted by molar-refractivity contribution is 0.0447. The van der Waals surface area contributed by atoms with Crippen LogP contribution in [0, 0.1) is 5.41 Å². The molecule has 1 aliphatic heterocycles. The van der Waals surface area contributed by atoms with Crippen molar-refractivity contribution in [3.05, 3.63) is 72.0 Å². The van der Waals surface area contributed by atoms with Crippen molar-refractivity contribution in [2.75, 3.05) is 20.3 Å². The number of hydrogen-bond donors (Lipinski definition) is 0. The van der Waals surface area contributed by atoms with Gasteiger partial charge in [-0.15, -0.1) is 0 Å². The molecule has 152 valence electrons. The molecule has 5 nitrogen and oxygen atoms in total. The summed E-state index contributed by atoms with van der Waals surface area (Å²) in [5, 5.41) is 0. The van der Waals surface area contributed by atoms with Crippen molar-refractivity contribution >= 4 is 13.1 Å². The van der Waals surface area contributed by atoms with Gasteiger partial charge >= 0.3 is 7.60 Å². The van der Waals surface area contributed by atoms with Crippen LogP contribution in [0.5, 0.6) is 5.75 Å². The zero-order chi connectivity index (χ0) is 20.5. The van der Waals surface area contributed by atoms with E-state index in [4.69, 9.17) is 18.2 Å². The lowest BCUT2D eigenvalue weighted by atomic mass is 9.97. The molecule has 0 N–H and O–H groups in total. The number of methoxy groups -OCH3 is 1. The maximum Gasteiger partial charge on any atom is 0.396 e. The molecule has 0 bridgehead atoms. The Bertz CT molecular complexity index is 1010. The first kappa shape index (κ1) is 20.0. The quantitative estimate of drug-likeness (QED) is 0.523. The minimum absolute atomic E-state index is 0.172. The van der Waals surface area contributed by atoms with Gasteiger partial charge in [0.15, 0.2) is 0 Å². The molecule has 3 aromatic rings. The van der Waals surface area contributed by atoms with Crippen molar-refractivity contribution in [1.29, 1.82) is 0 Å². The highest BCUT2D eigenvalue weighted by atomic mass is 31.2.